The molecule has 0 aliphatic heterocycles. The lowest BCUT2D eigenvalue weighted by Gasteiger charge is -2.11. The third kappa shape index (κ3) is 26.1. The monoisotopic (exact) mass is 2120 g/mol. The van der Waals surface area contributed by atoms with Crippen molar-refractivity contribution in [1.82, 2.24) is 49.8 Å². The number of nitrogens with zero attached hydrogens (tertiary/aromatic N) is 5. The maximum absolute atomic E-state index is 13.0. The zero-order valence-electron chi connectivity index (χ0n) is 77.3. The van der Waals surface area contributed by atoms with Gasteiger partial charge in [0.15, 0.2) is 0 Å². The van der Waals surface area contributed by atoms with Gasteiger partial charge in [0.05, 0.1) is 100 Å². The molecule has 0 fully saturated rings. The molecule has 0 unspecified atom stereocenters. The standard InChI is InChI=1S/C23H23N3O3S.C21H15ClF3N3O3S.C21H19N3O3S.C20H15Cl2N3O3S.C20H17N3O3S/c1-15(2)16-7-10-18(11-8-16)29-14-23-25-20-12-9-17(13-21(20)26-23)19-5-3-4-6-22(19)30(24,27)28;22-16-7-6-13(10-15(16)21(23,24)25)31-11-20-27-17-8-5-12(9-18(17)28-20)14-3-1-2-4-19(14)32(26,29)30;1-14-6-9-16(10-7-14)27-13-21-23-18-11-8-15(12-19(18)24-21)17-4-2-3-5-20(17)28(22,25)26;21-15-7-6-13(10-16(15)22)28-11-20-24-17-8-5-12(9-18(17)25-20)14-3-1-2-4-19(14)29(23,26)27;21-27(24,25)19-9-5-4-8-16(19)14-10-11-17-18(12-14)23-20(22-17)13-26-15-6-2-1-3-7-15/h3-13,15H,14H2,1-2H3,(H,25,26)(H2,24,27,28);1-10H,11H2,(H,27,28)(H2,26,29,30);2-12H,13H2,1H3,(H,23,24)(H2,22,25,26);1-10H,11H2,(H,24,25)(H2,23,26,27);1-12H,13H2,(H,22,23)(H2,21,24,25). The highest BCUT2D eigenvalue weighted by molar-refractivity contribution is 7.90. The summed E-state index contributed by atoms with van der Waals surface area (Å²) >= 11 is 17.5. The molecule has 0 aliphatic carbocycles. The maximum Gasteiger partial charge on any atom is 0.417 e. The number of nitrogens with two attached hydrogens (primary N) is 5. The van der Waals surface area contributed by atoms with Gasteiger partial charge in [-0.15, -0.1) is 0 Å². The third-order valence-electron chi connectivity index (χ3n) is 22.5. The van der Waals surface area contributed by atoms with Crippen LogP contribution in [0.25, 0.3) is 111 Å². The number of sulfonamides is 5. The number of alkyl halides is 3. The van der Waals surface area contributed by atoms with E-state index in [2.05, 4.69) is 75.8 Å². The molecule has 15 N–H and O–H groups in total. The zero-order valence-corrected chi connectivity index (χ0v) is 83.7. The van der Waals surface area contributed by atoms with Gasteiger partial charge in [0, 0.05) is 33.9 Å². The van der Waals surface area contributed by atoms with E-state index >= 15 is 0 Å². The molecule has 0 saturated carbocycles. The van der Waals surface area contributed by atoms with Crippen molar-refractivity contribution in [3.05, 3.63) is 388 Å². The summed E-state index contributed by atoms with van der Waals surface area (Å²) in [6.45, 7) is 7.34. The van der Waals surface area contributed by atoms with Gasteiger partial charge in [0.2, 0.25) is 50.1 Å². The Morgan fingerprint density at radius 3 is 0.788 bits per heavy atom. The molecule has 0 radical (unpaired) electrons. The highest BCUT2D eigenvalue weighted by Crippen LogP contribution is 2.40. The van der Waals surface area contributed by atoms with Crippen LogP contribution < -0.4 is 49.4 Å². The average Bonchev–Trinajstić information content (AvgIpc) is 1.59. The Hall–Kier alpha value is -15.1. The minimum atomic E-state index is -4.60. The molecule has 20 rings (SSSR count). The second-order valence-corrected chi connectivity index (χ2v) is 42.2. The molecule has 0 bridgehead atoms. The number of para-hydroxylation sites is 1. The van der Waals surface area contributed by atoms with Crippen LogP contribution in [-0.2, 0) is 89.3 Å². The molecule has 746 valence electrons. The van der Waals surface area contributed by atoms with E-state index < -0.39 is 66.9 Å². The van der Waals surface area contributed by atoms with Crippen LogP contribution in [0.3, 0.4) is 0 Å². The highest BCUT2D eigenvalue weighted by atomic mass is 35.5. The lowest BCUT2D eigenvalue weighted by Crippen LogP contribution is -2.13. The predicted octanol–water partition coefficient (Wildman–Crippen LogP) is 21.7. The lowest BCUT2D eigenvalue weighted by atomic mass is 10.0. The Morgan fingerprint density at radius 1 is 0.281 bits per heavy atom. The quantitative estimate of drug-likeness (QED) is 0.0241. The number of benzene rings is 15. The maximum atomic E-state index is 13.0. The van der Waals surface area contributed by atoms with E-state index in [1.54, 1.807) is 133 Å². The van der Waals surface area contributed by atoms with Crippen molar-refractivity contribution in [3.8, 4) is 84.4 Å². The molecule has 0 amide bonds. The van der Waals surface area contributed by atoms with Gasteiger partial charge in [-0.2, -0.15) is 13.2 Å². The van der Waals surface area contributed by atoms with Gasteiger partial charge >= 0.3 is 6.18 Å². The summed E-state index contributed by atoms with van der Waals surface area (Å²) in [5.74, 6) is 6.41. The van der Waals surface area contributed by atoms with Crippen molar-refractivity contribution in [2.24, 2.45) is 25.7 Å². The highest BCUT2D eigenvalue weighted by Gasteiger charge is 2.34. The summed E-state index contributed by atoms with van der Waals surface area (Å²) in [5, 5.41) is 27.2. The topological polar surface area (TPSA) is 490 Å². The second-order valence-electron chi connectivity index (χ2n) is 33.3. The molecule has 30 nitrogen and oxygen atoms in total. The van der Waals surface area contributed by atoms with E-state index in [4.69, 9.17) is 84.2 Å². The zero-order chi connectivity index (χ0) is 104. The summed E-state index contributed by atoms with van der Waals surface area (Å²) in [6.07, 6.45) is -4.60. The molecule has 146 heavy (non-hydrogen) atoms. The fourth-order valence-electron chi connectivity index (χ4n) is 15.5. The first kappa shape index (κ1) is 104. The summed E-state index contributed by atoms with van der Waals surface area (Å²) < 4.78 is 186. The number of hydrogen-bond acceptors (Lipinski definition) is 20. The number of aromatic amines is 5. The molecule has 0 aliphatic rings. The van der Waals surface area contributed by atoms with E-state index in [1.165, 1.54) is 47.5 Å². The normalized spacial score (nSPS) is 11.8. The Labute approximate surface area is 851 Å². The molecular formula is C105H89Cl3F3N15O15S5. The number of imidazole rings is 5. The number of fused-ring (bicyclic) bond motifs is 5. The van der Waals surface area contributed by atoms with Crippen molar-refractivity contribution in [2.45, 2.75) is 90.4 Å². The van der Waals surface area contributed by atoms with Crippen LogP contribution in [-0.4, -0.2) is 91.9 Å². The molecule has 0 spiro atoms. The Kier molecular flexibility index (Phi) is 31.4. The predicted molar refractivity (Wildman–Crippen MR) is 557 cm³/mol. The van der Waals surface area contributed by atoms with Gasteiger partial charge in [0.1, 0.15) is 90.9 Å². The van der Waals surface area contributed by atoms with E-state index in [1.807, 2.05) is 140 Å². The van der Waals surface area contributed by atoms with Crippen LogP contribution in [0.4, 0.5) is 13.2 Å². The van der Waals surface area contributed by atoms with Gasteiger partial charge < -0.3 is 48.6 Å². The minimum absolute atomic E-state index is 0.00868. The van der Waals surface area contributed by atoms with Crippen molar-refractivity contribution in [3.63, 3.8) is 0 Å². The van der Waals surface area contributed by atoms with Crippen molar-refractivity contribution in [1.29, 1.82) is 0 Å². The average molecular weight is 2120 g/mol. The molecule has 41 heteroatoms. The first-order chi connectivity index (χ1) is 69.5. The van der Waals surface area contributed by atoms with Crippen molar-refractivity contribution >= 4 is 140 Å². The van der Waals surface area contributed by atoms with Crippen LogP contribution in [0, 0.1) is 6.92 Å². The number of H-pyrrole nitrogens is 5. The fourth-order valence-corrected chi connectivity index (χ4v) is 19.8. The molecule has 5 heterocycles. The molecule has 20 aromatic rings. The molecule has 5 aromatic heterocycles. The van der Waals surface area contributed by atoms with Crippen LogP contribution in [0.2, 0.25) is 15.1 Å². The Balaban J connectivity index is 0.000000131. The van der Waals surface area contributed by atoms with Gasteiger partial charge in [-0.05, 0) is 204 Å². The summed E-state index contributed by atoms with van der Waals surface area (Å²) in [4.78, 5) is 38.7. The first-order valence-corrected chi connectivity index (χ1v) is 53.1. The number of hydrogen-bond donors (Lipinski definition) is 10. The Morgan fingerprint density at radius 2 is 0.521 bits per heavy atom. The number of primary sulfonamides is 5. The van der Waals surface area contributed by atoms with Crippen LogP contribution in [0.15, 0.2) is 352 Å². The second kappa shape index (κ2) is 44.2. The number of ether oxygens (including phenoxy) is 5. The van der Waals surface area contributed by atoms with Crippen LogP contribution in [0.1, 0.15) is 65.6 Å². The first-order valence-electron chi connectivity index (χ1n) is 44.3. The lowest BCUT2D eigenvalue weighted by molar-refractivity contribution is -0.137. The summed E-state index contributed by atoms with van der Waals surface area (Å²) in [5.41, 5.74) is 15.0. The SMILES string of the molecule is CC(C)c1ccc(OCc2nc3ccc(-c4ccccc4S(N)(=O)=O)cc3[nH]2)cc1.Cc1ccc(OCc2nc3ccc(-c4ccccc4S(N)(=O)=O)cc3[nH]2)cc1.NS(=O)(=O)c1ccccc1-c1ccc2nc(COc3ccc(Cl)c(C(F)(F)F)c3)[nH]c2c1.NS(=O)(=O)c1ccccc1-c1ccc2nc(COc3ccc(Cl)c(Cl)c3)[nH]c2c1.NS(=O)(=O)c1ccccc1-c1ccc2nc(COc3ccccc3)[nH]c2c1. The fraction of sp³-hybridized carbons (Fsp3) is 0.0952. The molecule has 0 saturated heterocycles. The van der Waals surface area contributed by atoms with Crippen LogP contribution >= 0.6 is 34.8 Å². The molecule has 15 aromatic carbocycles. The third-order valence-corrected chi connectivity index (χ3v) is 28.4. The molecular weight excluding hydrogens is 2030 g/mol. The smallest absolute Gasteiger partial charge is 0.417 e. The van der Waals surface area contributed by atoms with E-state index in [-0.39, 0.29) is 43.4 Å². The van der Waals surface area contributed by atoms with Gasteiger partial charge in [-0.1, -0.05) is 218 Å². The largest absolute Gasteiger partial charge is 0.486 e. The Bertz CT molecular complexity index is 8850. The van der Waals surface area contributed by atoms with E-state index in [9.17, 15) is 55.3 Å². The number of aryl methyl sites for hydroxylation is 1. The van der Waals surface area contributed by atoms with Gasteiger partial charge in [0.25, 0.3) is 0 Å². The molecule has 0 atom stereocenters. The summed E-state index contributed by atoms with van der Waals surface area (Å²) in [7, 11) is -19.2. The number of rotatable bonds is 26. The van der Waals surface area contributed by atoms with Crippen molar-refractivity contribution < 1.29 is 78.9 Å². The minimum Gasteiger partial charge on any atom is -0.486 e. The van der Waals surface area contributed by atoms with Crippen LogP contribution in [0.5, 0.6) is 28.7 Å². The number of aromatic nitrogens is 10. The number of halogens is 6. The van der Waals surface area contributed by atoms with E-state index in [0.717, 1.165) is 90.2 Å². The number of nitrogens with one attached hydrogen (secondary N) is 5. The van der Waals surface area contributed by atoms with E-state index in [0.29, 0.717) is 121 Å². The van der Waals surface area contributed by atoms with Gasteiger partial charge in [-0.3, -0.25) is 0 Å². The summed E-state index contributed by atoms with van der Waals surface area (Å²) in [6, 6.07) is 93.7. The van der Waals surface area contributed by atoms with Crippen molar-refractivity contribution in [2.75, 3.05) is 0 Å². The van der Waals surface area contributed by atoms with Gasteiger partial charge in [-0.25, -0.2) is 92.7 Å².